The molecule has 0 bridgehead atoms. The van der Waals surface area contributed by atoms with Gasteiger partial charge in [0.1, 0.15) is 10.7 Å². The minimum atomic E-state index is 0.0224. The van der Waals surface area contributed by atoms with Gasteiger partial charge < -0.3 is 21.3 Å². The van der Waals surface area contributed by atoms with E-state index in [1.165, 1.54) is 24.2 Å². The van der Waals surface area contributed by atoms with Crippen molar-refractivity contribution in [1.82, 2.24) is 9.88 Å². The first-order valence-electron chi connectivity index (χ1n) is 7.64. The van der Waals surface area contributed by atoms with Crippen molar-refractivity contribution in [1.29, 1.82) is 0 Å². The molecule has 2 heterocycles. The molecule has 2 aliphatic rings. The first-order chi connectivity index (χ1) is 10.1. The van der Waals surface area contributed by atoms with E-state index in [2.05, 4.69) is 9.88 Å². The van der Waals surface area contributed by atoms with Gasteiger partial charge in [0, 0.05) is 32.2 Å². The number of hydrogen-bond donors (Lipinski definition) is 2. The van der Waals surface area contributed by atoms with E-state index in [-0.39, 0.29) is 11.9 Å². The minimum Gasteiger partial charge on any atom is -0.382 e. The third-order valence-electron chi connectivity index (χ3n) is 4.18. The number of carbonyl (C=O) groups is 1. The Balaban J connectivity index is 1.74. The zero-order valence-electron chi connectivity index (χ0n) is 12.4. The molecule has 1 aromatic rings. The maximum absolute atomic E-state index is 12.6. The molecule has 1 saturated heterocycles. The molecular formula is C14H23N5OS. The summed E-state index contributed by atoms with van der Waals surface area (Å²) in [7, 11) is 0. The van der Waals surface area contributed by atoms with E-state index in [1.54, 1.807) is 0 Å². The van der Waals surface area contributed by atoms with Gasteiger partial charge in [-0.15, -0.1) is 0 Å². The summed E-state index contributed by atoms with van der Waals surface area (Å²) in [5.41, 5.74) is 11.9. The van der Waals surface area contributed by atoms with Crippen molar-refractivity contribution in [2.75, 3.05) is 36.8 Å². The third kappa shape index (κ3) is 3.13. The van der Waals surface area contributed by atoms with Gasteiger partial charge in [0.25, 0.3) is 5.91 Å². The van der Waals surface area contributed by atoms with Crippen molar-refractivity contribution in [2.45, 2.75) is 32.2 Å². The summed E-state index contributed by atoms with van der Waals surface area (Å²) in [6, 6.07) is 0.191. The molecule has 1 aliphatic carbocycles. The van der Waals surface area contributed by atoms with Crippen molar-refractivity contribution < 1.29 is 4.79 Å². The topological polar surface area (TPSA) is 88.5 Å². The van der Waals surface area contributed by atoms with Crippen LogP contribution in [0, 0.1) is 5.92 Å². The summed E-state index contributed by atoms with van der Waals surface area (Å²) in [5.74, 6) is 1.06. The molecule has 1 aromatic heterocycles. The van der Waals surface area contributed by atoms with Gasteiger partial charge in [-0.2, -0.15) is 0 Å². The van der Waals surface area contributed by atoms with Gasteiger partial charge in [-0.1, -0.05) is 11.3 Å². The molecule has 6 nitrogen and oxygen atoms in total. The Morgan fingerprint density at radius 1 is 1.48 bits per heavy atom. The van der Waals surface area contributed by atoms with Gasteiger partial charge in [-0.25, -0.2) is 4.98 Å². The highest BCUT2D eigenvalue weighted by Gasteiger charge is 2.30. The van der Waals surface area contributed by atoms with Crippen molar-refractivity contribution in [3.05, 3.63) is 4.88 Å². The second kappa shape index (κ2) is 5.81. The van der Waals surface area contributed by atoms with Gasteiger partial charge in [0.2, 0.25) is 0 Å². The zero-order chi connectivity index (χ0) is 15.0. The van der Waals surface area contributed by atoms with Gasteiger partial charge in [-0.3, -0.25) is 4.79 Å². The molecule has 116 valence electrons. The lowest BCUT2D eigenvalue weighted by Crippen LogP contribution is -2.32. The standard InChI is InChI=1S/C14H23N5OS/c1-2-18(7-9-3-4-9)13(20)11-12(16)17-14(21-11)19-6-5-10(15)8-19/h9-10H,2-8,15-16H2,1H3. The van der Waals surface area contributed by atoms with E-state index in [0.29, 0.717) is 16.6 Å². The average Bonchev–Trinajstić information content (AvgIpc) is 3.05. The second-order valence-electron chi connectivity index (χ2n) is 5.99. The van der Waals surface area contributed by atoms with E-state index in [4.69, 9.17) is 11.5 Å². The molecule has 3 rings (SSSR count). The number of nitrogen functional groups attached to an aromatic ring is 1. The highest BCUT2D eigenvalue weighted by molar-refractivity contribution is 7.18. The molecule has 21 heavy (non-hydrogen) atoms. The van der Waals surface area contributed by atoms with Crippen LogP contribution in [0.25, 0.3) is 0 Å². The highest BCUT2D eigenvalue weighted by atomic mass is 32.1. The number of nitrogens with zero attached hydrogens (tertiary/aromatic N) is 3. The normalized spacial score (nSPS) is 21.8. The minimum absolute atomic E-state index is 0.0224. The number of hydrogen-bond acceptors (Lipinski definition) is 6. The van der Waals surface area contributed by atoms with Gasteiger partial charge in [0.15, 0.2) is 5.13 Å². The summed E-state index contributed by atoms with van der Waals surface area (Å²) < 4.78 is 0. The Morgan fingerprint density at radius 2 is 2.24 bits per heavy atom. The quantitative estimate of drug-likeness (QED) is 0.851. The molecule has 0 aromatic carbocycles. The molecule has 1 saturated carbocycles. The van der Waals surface area contributed by atoms with Crippen LogP contribution in [-0.4, -0.2) is 48.0 Å². The summed E-state index contributed by atoms with van der Waals surface area (Å²) in [5, 5.41) is 0.825. The van der Waals surface area contributed by atoms with Crippen molar-refractivity contribution in [3.8, 4) is 0 Å². The summed E-state index contributed by atoms with van der Waals surface area (Å²) in [6.07, 6.45) is 3.43. The fraction of sp³-hybridized carbons (Fsp3) is 0.714. The maximum Gasteiger partial charge on any atom is 0.267 e. The number of aromatic nitrogens is 1. The molecule has 1 aliphatic heterocycles. The predicted molar refractivity (Wildman–Crippen MR) is 85.6 cm³/mol. The van der Waals surface area contributed by atoms with Crippen molar-refractivity contribution in [3.63, 3.8) is 0 Å². The first kappa shape index (κ1) is 14.6. The number of nitrogens with two attached hydrogens (primary N) is 2. The van der Waals surface area contributed by atoms with E-state index in [1.807, 2.05) is 11.8 Å². The van der Waals surface area contributed by atoms with Crippen LogP contribution in [0.4, 0.5) is 10.9 Å². The van der Waals surface area contributed by atoms with Crippen LogP contribution in [0.5, 0.6) is 0 Å². The van der Waals surface area contributed by atoms with E-state index in [0.717, 1.165) is 37.7 Å². The van der Waals surface area contributed by atoms with Gasteiger partial charge >= 0.3 is 0 Å². The van der Waals surface area contributed by atoms with E-state index >= 15 is 0 Å². The number of amides is 1. The Labute approximate surface area is 129 Å². The number of thiazole rings is 1. The van der Waals surface area contributed by atoms with Crippen LogP contribution in [0.2, 0.25) is 0 Å². The molecular weight excluding hydrogens is 286 g/mol. The molecule has 0 radical (unpaired) electrons. The molecule has 0 spiro atoms. The highest BCUT2D eigenvalue weighted by Crippen LogP contribution is 2.33. The Kier molecular flexibility index (Phi) is 4.03. The fourth-order valence-electron chi connectivity index (χ4n) is 2.68. The third-order valence-corrected chi connectivity index (χ3v) is 5.30. The lowest BCUT2D eigenvalue weighted by Gasteiger charge is -2.19. The van der Waals surface area contributed by atoms with Crippen LogP contribution in [0.3, 0.4) is 0 Å². The number of carbonyl (C=O) groups excluding carboxylic acids is 1. The molecule has 1 atom stereocenters. The largest absolute Gasteiger partial charge is 0.382 e. The Hall–Kier alpha value is -1.34. The average molecular weight is 309 g/mol. The Bertz CT molecular complexity index is 527. The van der Waals surface area contributed by atoms with Gasteiger partial charge in [-0.05, 0) is 32.1 Å². The molecule has 7 heteroatoms. The van der Waals surface area contributed by atoms with Crippen LogP contribution in [0.15, 0.2) is 0 Å². The molecule has 2 fully saturated rings. The van der Waals surface area contributed by atoms with Crippen LogP contribution >= 0.6 is 11.3 Å². The Morgan fingerprint density at radius 3 is 2.81 bits per heavy atom. The monoisotopic (exact) mass is 309 g/mol. The van der Waals surface area contributed by atoms with E-state index < -0.39 is 0 Å². The van der Waals surface area contributed by atoms with Crippen LogP contribution in [0.1, 0.15) is 35.9 Å². The molecule has 1 unspecified atom stereocenters. The number of anilines is 2. The lowest BCUT2D eigenvalue weighted by molar-refractivity contribution is 0.0762. The summed E-state index contributed by atoms with van der Waals surface area (Å²) in [6.45, 7) is 5.26. The smallest absolute Gasteiger partial charge is 0.267 e. The summed E-state index contributed by atoms with van der Waals surface area (Å²) >= 11 is 1.40. The maximum atomic E-state index is 12.6. The number of rotatable bonds is 5. The van der Waals surface area contributed by atoms with E-state index in [9.17, 15) is 4.79 Å². The second-order valence-corrected chi connectivity index (χ2v) is 6.97. The predicted octanol–water partition coefficient (Wildman–Crippen LogP) is 1.13. The van der Waals surface area contributed by atoms with Crippen LogP contribution in [-0.2, 0) is 0 Å². The summed E-state index contributed by atoms with van der Waals surface area (Å²) in [4.78, 5) is 21.6. The van der Waals surface area contributed by atoms with Crippen molar-refractivity contribution >= 4 is 28.2 Å². The van der Waals surface area contributed by atoms with Crippen molar-refractivity contribution in [2.24, 2.45) is 11.7 Å². The lowest BCUT2D eigenvalue weighted by atomic mass is 10.3. The molecule has 4 N–H and O–H groups in total. The first-order valence-corrected chi connectivity index (χ1v) is 8.46. The van der Waals surface area contributed by atoms with Gasteiger partial charge in [0.05, 0.1) is 0 Å². The molecule has 1 amide bonds. The SMILES string of the molecule is CCN(CC1CC1)C(=O)c1sc(N2CCC(N)C2)nc1N. The zero-order valence-corrected chi connectivity index (χ0v) is 13.2. The van der Waals surface area contributed by atoms with Crippen LogP contribution < -0.4 is 16.4 Å². The fourth-order valence-corrected chi connectivity index (χ4v) is 3.67.